The molecule has 1 aromatic carbocycles. The molecule has 0 aliphatic heterocycles. The Morgan fingerprint density at radius 2 is 2.05 bits per heavy atom. The molecule has 0 saturated heterocycles. The van der Waals surface area contributed by atoms with Crippen molar-refractivity contribution in [2.75, 3.05) is 5.32 Å². The maximum absolute atomic E-state index is 13.1. The third kappa shape index (κ3) is 3.24. The van der Waals surface area contributed by atoms with E-state index in [9.17, 15) is 9.18 Å². The molecule has 0 radical (unpaired) electrons. The molecule has 21 heavy (non-hydrogen) atoms. The third-order valence-electron chi connectivity index (χ3n) is 3.07. The molecule has 0 atom stereocenters. The van der Waals surface area contributed by atoms with E-state index < -0.39 is 5.82 Å². The van der Waals surface area contributed by atoms with E-state index in [0.29, 0.717) is 11.3 Å². The van der Waals surface area contributed by atoms with Gasteiger partial charge in [0.05, 0.1) is 22.3 Å². The van der Waals surface area contributed by atoms with Crippen LogP contribution in [0.15, 0.2) is 24.4 Å². The highest BCUT2D eigenvalue weighted by atomic mass is 35.5. The number of anilines is 1. The molecule has 0 fully saturated rings. The highest BCUT2D eigenvalue weighted by Gasteiger charge is 2.21. The average Bonchev–Trinajstić information content (AvgIpc) is 2.75. The zero-order chi connectivity index (χ0) is 15.8. The number of benzene rings is 1. The summed E-state index contributed by atoms with van der Waals surface area (Å²) in [5, 5.41) is 6.91. The van der Waals surface area contributed by atoms with E-state index in [1.807, 2.05) is 27.7 Å². The molecule has 1 aromatic heterocycles. The fraction of sp³-hybridized carbons (Fsp3) is 0.333. The van der Waals surface area contributed by atoms with Crippen molar-refractivity contribution >= 4 is 23.2 Å². The first-order valence-corrected chi connectivity index (χ1v) is 6.89. The quantitative estimate of drug-likeness (QED) is 0.911. The van der Waals surface area contributed by atoms with Crippen LogP contribution in [0.25, 0.3) is 0 Å². The first-order chi connectivity index (χ1) is 9.70. The Balaban J connectivity index is 2.25. The minimum Gasteiger partial charge on any atom is -0.322 e. The topological polar surface area (TPSA) is 46.9 Å². The zero-order valence-corrected chi connectivity index (χ0v) is 13.1. The zero-order valence-electron chi connectivity index (χ0n) is 12.4. The van der Waals surface area contributed by atoms with Gasteiger partial charge in [0.25, 0.3) is 5.91 Å². The number of carbonyl (C=O) groups is 1. The molecule has 1 amide bonds. The predicted octanol–water partition coefficient (Wildman–Crippen LogP) is 3.99. The Bertz CT molecular complexity index is 689. The second kappa shape index (κ2) is 5.48. The normalized spacial score (nSPS) is 11.5. The molecule has 6 heteroatoms. The Hall–Kier alpha value is -1.88. The standard InChI is InChI=1S/C15H17ClFN3O/c1-9-11(8-18-20(9)15(2,3)4)14(21)19-10-5-6-13(17)12(16)7-10/h5-8H,1-4H3,(H,19,21). The van der Waals surface area contributed by atoms with Crippen LogP contribution < -0.4 is 5.32 Å². The van der Waals surface area contributed by atoms with Gasteiger partial charge < -0.3 is 5.32 Å². The minimum atomic E-state index is -0.522. The largest absolute Gasteiger partial charge is 0.322 e. The molecule has 0 unspecified atom stereocenters. The van der Waals surface area contributed by atoms with Crippen LogP contribution in [-0.4, -0.2) is 15.7 Å². The van der Waals surface area contributed by atoms with E-state index >= 15 is 0 Å². The van der Waals surface area contributed by atoms with Gasteiger partial charge in [-0.25, -0.2) is 4.39 Å². The van der Waals surface area contributed by atoms with Gasteiger partial charge in [-0.15, -0.1) is 0 Å². The summed E-state index contributed by atoms with van der Waals surface area (Å²) in [5.74, 6) is -0.822. The predicted molar refractivity (Wildman–Crippen MR) is 81.3 cm³/mol. The van der Waals surface area contributed by atoms with Crippen molar-refractivity contribution in [3.63, 3.8) is 0 Å². The fourth-order valence-electron chi connectivity index (χ4n) is 2.08. The van der Waals surface area contributed by atoms with Gasteiger partial charge in [0.1, 0.15) is 5.82 Å². The van der Waals surface area contributed by atoms with Crippen molar-refractivity contribution in [2.24, 2.45) is 0 Å². The van der Waals surface area contributed by atoms with E-state index in [-0.39, 0.29) is 16.5 Å². The van der Waals surface area contributed by atoms with E-state index in [4.69, 9.17) is 11.6 Å². The van der Waals surface area contributed by atoms with Crippen LogP contribution in [0.4, 0.5) is 10.1 Å². The van der Waals surface area contributed by atoms with Crippen molar-refractivity contribution < 1.29 is 9.18 Å². The molecule has 2 rings (SSSR count). The molecule has 1 heterocycles. The molecule has 0 saturated carbocycles. The lowest BCUT2D eigenvalue weighted by molar-refractivity contribution is 0.102. The molecule has 1 N–H and O–H groups in total. The molecular formula is C15H17ClFN3O. The molecule has 0 aliphatic carbocycles. The lowest BCUT2D eigenvalue weighted by atomic mass is 10.1. The number of aromatic nitrogens is 2. The highest BCUT2D eigenvalue weighted by molar-refractivity contribution is 6.31. The van der Waals surface area contributed by atoms with Crippen molar-refractivity contribution in [1.29, 1.82) is 0 Å². The molecule has 2 aromatic rings. The van der Waals surface area contributed by atoms with Gasteiger partial charge in [-0.1, -0.05) is 11.6 Å². The Morgan fingerprint density at radius 1 is 1.38 bits per heavy atom. The SMILES string of the molecule is Cc1c(C(=O)Nc2ccc(F)c(Cl)c2)cnn1C(C)(C)C. The van der Waals surface area contributed by atoms with Crippen LogP contribution in [0.2, 0.25) is 5.02 Å². The van der Waals surface area contributed by atoms with Crippen molar-refractivity contribution in [3.8, 4) is 0 Å². The maximum atomic E-state index is 13.1. The van der Waals surface area contributed by atoms with E-state index in [1.54, 1.807) is 4.68 Å². The average molecular weight is 310 g/mol. The van der Waals surface area contributed by atoms with Crippen LogP contribution in [0.5, 0.6) is 0 Å². The fourth-order valence-corrected chi connectivity index (χ4v) is 2.26. The van der Waals surface area contributed by atoms with Crippen LogP contribution in [0.3, 0.4) is 0 Å². The number of amides is 1. The van der Waals surface area contributed by atoms with Gasteiger partial charge in [0.2, 0.25) is 0 Å². The van der Waals surface area contributed by atoms with Gasteiger partial charge in [0, 0.05) is 11.4 Å². The van der Waals surface area contributed by atoms with Gasteiger partial charge >= 0.3 is 0 Å². The van der Waals surface area contributed by atoms with Crippen molar-refractivity contribution in [1.82, 2.24) is 9.78 Å². The highest BCUT2D eigenvalue weighted by Crippen LogP contribution is 2.22. The van der Waals surface area contributed by atoms with Gasteiger partial charge in [-0.2, -0.15) is 5.10 Å². The summed E-state index contributed by atoms with van der Waals surface area (Å²) in [6.07, 6.45) is 1.53. The summed E-state index contributed by atoms with van der Waals surface area (Å²) in [6, 6.07) is 4.05. The first kappa shape index (κ1) is 15.5. The maximum Gasteiger partial charge on any atom is 0.259 e. The Labute approximate surface area is 127 Å². The second-order valence-corrected chi connectivity index (χ2v) is 6.22. The summed E-state index contributed by atoms with van der Waals surface area (Å²) in [6.45, 7) is 7.86. The lowest BCUT2D eigenvalue weighted by Crippen LogP contribution is -2.25. The number of halogens is 2. The van der Waals surface area contributed by atoms with Crippen molar-refractivity contribution in [2.45, 2.75) is 33.2 Å². The molecular weight excluding hydrogens is 293 g/mol. The van der Waals surface area contributed by atoms with Crippen molar-refractivity contribution in [3.05, 3.63) is 46.5 Å². The molecule has 0 spiro atoms. The second-order valence-electron chi connectivity index (χ2n) is 5.81. The summed E-state index contributed by atoms with van der Waals surface area (Å²) in [5.41, 5.74) is 1.48. The number of hydrogen-bond acceptors (Lipinski definition) is 2. The number of carbonyl (C=O) groups excluding carboxylic acids is 1. The minimum absolute atomic E-state index is 0.0325. The smallest absolute Gasteiger partial charge is 0.259 e. The number of rotatable bonds is 2. The molecule has 4 nitrogen and oxygen atoms in total. The summed E-state index contributed by atoms with van der Waals surface area (Å²) >= 11 is 5.70. The van der Waals surface area contributed by atoms with E-state index in [0.717, 1.165) is 5.69 Å². The van der Waals surface area contributed by atoms with Gasteiger partial charge in [-0.05, 0) is 45.9 Å². The summed E-state index contributed by atoms with van der Waals surface area (Å²) < 4.78 is 14.9. The van der Waals surface area contributed by atoms with Crippen LogP contribution >= 0.6 is 11.6 Å². The van der Waals surface area contributed by atoms with Gasteiger partial charge in [-0.3, -0.25) is 9.48 Å². The van der Waals surface area contributed by atoms with Crippen LogP contribution in [-0.2, 0) is 5.54 Å². The third-order valence-corrected chi connectivity index (χ3v) is 3.36. The summed E-state index contributed by atoms with van der Waals surface area (Å²) in [7, 11) is 0. The monoisotopic (exact) mass is 309 g/mol. The first-order valence-electron chi connectivity index (χ1n) is 6.51. The van der Waals surface area contributed by atoms with E-state index in [2.05, 4.69) is 10.4 Å². The van der Waals surface area contributed by atoms with E-state index in [1.165, 1.54) is 24.4 Å². The number of hydrogen-bond donors (Lipinski definition) is 1. The number of nitrogens with one attached hydrogen (secondary N) is 1. The molecule has 0 bridgehead atoms. The molecule has 0 aliphatic rings. The Morgan fingerprint density at radius 3 is 2.57 bits per heavy atom. The van der Waals surface area contributed by atoms with Crippen LogP contribution in [0.1, 0.15) is 36.8 Å². The van der Waals surface area contributed by atoms with Gasteiger partial charge in [0.15, 0.2) is 0 Å². The summed E-state index contributed by atoms with van der Waals surface area (Å²) in [4.78, 5) is 12.3. The van der Waals surface area contributed by atoms with Crippen LogP contribution in [0, 0.1) is 12.7 Å². The Kier molecular flexibility index (Phi) is 4.05. The number of nitrogens with zero attached hydrogens (tertiary/aromatic N) is 2. The lowest BCUT2D eigenvalue weighted by Gasteiger charge is -2.21. The molecule has 112 valence electrons.